The summed E-state index contributed by atoms with van der Waals surface area (Å²) >= 11 is 0. The van der Waals surface area contributed by atoms with E-state index in [-0.39, 0.29) is 60.3 Å². The van der Waals surface area contributed by atoms with Gasteiger partial charge in [-0.25, -0.2) is 4.79 Å². The SMILES string of the molecule is CN1C(=O)C[C@H](C(=O)NCCOC2CCC(OCCCC(=O)NC3CCC(C(=O)NCCCNC(=O)OC(C)(C)C)CC3)CC2)[C@H]1c1cccnc1. The van der Waals surface area contributed by atoms with E-state index < -0.39 is 17.6 Å². The van der Waals surface area contributed by atoms with Crippen molar-refractivity contribution in [1.29, 1.82) is 0 Å². The van der Waals surface area contributed by atoms with E-state index in [1.54, 1.807) is 24.3 Å². The number of ether oxygens (including phenoxy) is 3. The molecule has 0 bridgehead atoms. The molecule has 3 aliphatic rings. The number of carbonyl (C=O) groups excluding carboxylic acids is 5. The van der Waals surface area contributed by atoms with Crippen LogP contribution in [0, 0.1) is 11.8 Å². The molecule has 290 valence electrons. The molecule has 0 radical (unpaired) electrons. The number of likely N-dealkylation sites (tertiary alicyclic amines) is 1. The molecule has 2 atom stereocenters. The van der Waals surface area contributed by atoms with Crippen molar-refractivity contribution in [3.05, 3.63) is 30.1 Å². The number of rotatable bonds is 17. The van der Waals surface area contributed by atoms with Gasteiger partial charge in [0.2, 0.25) is 23.6 Å². The molecular formula is C38H60N6O8. The maximum atomic E-state index is 13.0. The lowest BCUT2D eigenvalue weighted by Gasteiger charge is -2.29. The van der Waals surface area contributed by atoms with Crippen molar-refractivity contribution < 1.29 is 38.2 Å². The standard InChI is InChI=1S/C38H60N6O8/c1-38(2,3)52-37(49)42-20-7-19-40-35(47)26-10-12-28(13-11-26)43-32(45)9-6-22-50-29-14-16-30(17-15-29)51-23-21-41-36(48)31-24-33(46)44(4)34(31)27-8-5-18-39-25-27/h5,8,18,25-26,28-31,34H,6-7,9-17,19-24H2,1-4H3,(H,40,47)(H,41,48)(H,42,49)(H,43,45)/t26?,28?,29?,30?,31-,34+/m0/s1. The molecule has 4 N–H and O–H groups in total. The van der Waals surface area contributed by atoms with Gasteiger partial charge in [-0.15, -0.1) is 0 Å². The molecule has 1 saturated heterocycles. The van der Waals surface area contributed by atoms with Crippen LogP contribution in [0.25, 0.3) is 0 Å². The van der Waals surface area contributed by atoms with E-state index >= 15 is 0 Å². The zero-order chi connectivity index (χ0) is 37.5. The van der Waals surface area contributed by atoms with Crippen LogP contribution in [0.15, 0.2) is 24.5 Å². The Bertz CT molecular complexity index is 1310. The molecule has 1 aliphatic heterocycles. The maximum absolute atomic E-state index is 13.0. The second kappa shape index (κ2) is 20.5. The van der Waals surface area contributed by atoms with Gasteiger partial charge in [0.25, 0.3) is 0 Å². The van der Waals surface area contributed by atoms with E-state index in [9.17, 15) is 24.0 Å². The highest BCUT2D eigenvalue weighted by Crippen LogP contribution is 2.36. The Hall–Kier alpha value is -3.78. The number of hydrogen-bond donors (Lipinski definition) is 4. The Labute approximate surface area is 308 Å². The molecule has 2 aliphatic carbocycles. The molecule has 4 rings (SSSR count). The molecule has 14 nitrogen and oxygen atoms in total. The lowest BCUT2D eigenvalue weighted by molar-refractivity contribution is -0.128. The van der Waals surface area contributed by atoms with Crippen LogP contribution in [0.2, 0.25) is 0 Å². The minimum absolute atomic E-state index is 0.0253. The smallest absolute Gasteiger partial charge is 0.407 e. The number of nitrogens with one attached hydrogen (secondary N) is 4. The quantitative estimate of drug-likeness (QED) is 0.175. The van der Waals surface area contributed by atoms with Crippen molar-refractivity contribution in [2.45, 2.75) is 128 Å². The third-order valence-electron chi connectivity index (χ3n) is 10.0. The van der Waals surface area contributed by atoms with Crippen LogP contribution in [0.4, 0.5) is 4.79 Å². The lowest BCUT2D eigenvalue weighted by Crippen LogP contribution is -2.41. The van der Waals surface area contributed by atoms with Crippen LogP contribution in [0.1, 0.15) is 109 Å². The van der Waals surface area contributed by atoms with Crippen LogP contribution in [0.5, 0.6) is 0 Å². The molecule has 1 aromatic rings. The Kier molecular flexibility index (Phi) is 16.1. The zero-order valence-electron chi connectivity index (χ0n) is 31.5. The highest BCUT2D eigenvalue weighted by atomic mass is 16.6. The number of pyridine rings is 1. The Balaban J connectivity index is 0.979. The van der Waals surface area contributed by atoms with Crippen molar-refractivity contribution in [2.75, 3.05) is 39.9 Å². The van der Waals surface area contributed by atoms with E-state index in [0.29, 0.717) is 52.1 Å². The van der Waals surface area contributed by atoms with Gasteiger partial charge in [-0.3, -0.25) is 24.2 Å². The van der Waals surface area contributed by atoms with Gasteiger partial charge in [-0.2, -0.15) is 0 Å². The second-order valence-corrected chi connectivity index (χ2v) is 15.3. The first kappa shape index (κ1) is 41.0. The summed E-state index contributed by atoms with van der Waals surface area (Å²) in [7, 11) is 1.73. The number of nitrogens with zero attached hydrogens (tertiary/aromatic N) is 2. The van der Waals surface area contributed by atoms with Crippen molar-refractivity contribution in [2.24, 2.45) is 11.8 Å². The molecule has 2 heterocycles. The molecule has 14 heteroatoms. The van der Waals surface area contributed by atoms with Gasteiger partial charge in [0, 0.05) is 70.5 Å². The van der Waals surface area contributed by atoms with E-state index in [1.165, 1.54) is 0 Å². The zero-order valence-corrected chi connectivity index (χ0v) is 31.5. The molecule has 2 saturated carbocycles. The number of hydrogen-bond acceptors (Lipinski definition) is 9. The van der Waals surface area contributed by atoms with Gasteiger partial charge in [0.05, 0.1) is 30.8 Å². The van der Waals surface area contributed by atoms with Crippen molar-refractivity contribution in [3.8, 4) is 0 Å². The molecule has 0 aromatic carbocycles. The first-order valence-corrected chi connectivity index (χ1v) is 19.1. The number of amides is 5. The fourth-order valence-corrected chi connectivity index (χ4v) is 7.24. The Morgan fingerprint density at radius 1 is 0.846 bits per heavy atom. The molecule has 52 heavy (non-hydrogen) atoms. The van der Waals surface area contributed by atoms with Crippen LogP contribution < -0.4 is 21.3 Å². The van der Waals surface area contributed by atoms with E-state index in [1.807, 2.05) is 32.9 Å². The van der Waals surface area contributed by atoms with E-state index in [2.05, 4.69) is 26.3 Å². The first-order chi connectivity index (χ1) is 24.9. The topological polar surface area (TPSA) is 177 Å². The monoisotopic (exact) mass is 728 g/mol. The molecule has 0 unspecified atom stereocenters. The highest BCUT2D eigenvalue weighted by molar-refractivity contribution is 5.90. The van der Waals surface area contributed by atoms with Crippen molar-refractivity contribution in [1.82, 2.24) is 31.2 Å². The molecule has 1 aromatic heterocycles. The number of alkyl carbamates (subject to hydrolysis) is 1. The van der Waals surface area contributed by atoms with Crippen molar-refractivity contribution >= 4 is 29.7 Å². The number of carbonyl (C=O) groups is 5. The number of aromatic nitrogens is 1. The van der Waals surface area contributed by atoms with E-state index in [0.717, 1.165) is 56.9 Å². The molecule has 0 spiro atoms. The summed E-state index contributed by atoms with van der Waals surface area (Å²) in [5.41, 5.74) is 0.314. The molecule has 3 fully saturated rings. The largest absolute Gasteiger partial charge is 0.444 e. The van der Waals surface area contributed by atoms with Crippen molar-refractivity contribution in [3.63, 3.8) is 0 Å². The second-order valence-electron chi connectivity index (χ2n) is 15.3. The van der Waals surface area contributed by atoms with Gasteiger partial charge in [0.1, 0.15) is 5.60 Å². The summed E-state index contributed by atoms with van der Waals surface area (Å²) in [4.78, 5) is 67.9. The predicted octanol–water partition coefficient (Wildman–Crippen LogP) is 3.55. The summed E-state index contributed by atoms with van der Waals surface area (Å²) in [5.74, 6) is -0.644. The summed E-state index contributed by atoms with van der Waals surface area (Å²) < 4.78 is 17.3. The highest BCUT2D eigenvalue weighted by Gasteiger charge is 2.42. The first-order valence-electron chi connectivity index (χ1n) is 19.1. The summed E-state index contributed by atoms with van der Waals surface area (Å²) in [6.45, 7) is 7.69. The van der Waals surface area contributed by atoms with Gasteiger partial charge < -0.3 is 40.4 Å². The van der Waals surface area contributed by atoms with Gasteiger partial charge in [-0.1, -0.05) is 6.07 Å². The third kappa shape index (κ3) is 13.6. The summed E-state index contributed by atoms with van der Waals surface area (Å²) in [5, 5.41) is 11.7. The summed E-state index contributed by atoms with van der Waals surface area (Å²) in [6.07, 6.45) is 11.7. The minimum atomic E-state index is -0.541. The predicted molar refractivity (Wildman–Crippen MR) is 194 cm³/mol. The maximum Gasteiger partial charge on any atom is 0.407 e. The van der Waals surface area contributed by atoms with Gasteiger partial charge in [0.15, 0.2) is 0 Å². The summed E-state index contributed by atoms with van der Waals surface area (Å²) in [6, 6.07) is 3.48. The fourth-order valence-electron chi connectivity index (χ4n) is 7.24. The normalized spacial score (nSPS) is 24.9. The average molecular weight is 729 g/mol. The van der Waals surface area contributed by atoms with Gasteiger partial charge in [-0.05, 0) is 96.6 Å². The van der Waals surface area contributed by atoms with Crippen LogP contribution in [0.3, 0.4) is 0 Å². The molecule has 5 amide bonds. The Morgan fingerprint density at radius 3 is 2.15 bits per heavy atom. The van der Waals surface area contributed by atoms with Crippen LogP contribution in [-0.4, -0.2) is 103 Å². The molecular weight excluding hydrogens is 668 g/mol. The minimum Gasteiger partial charge on any atom is -0.444 e. The lowest BCUT2D eigenvalue weighted by atomic mass is 9.85. The Morgan fingerprint density at radius 2 is 1.50 bits per heavy atom. The van der Waals surface area contributed by atoms with Gasteiger partial charge >= 0.3 is 6.09 Å². The fraction of sp³-hybridized carbons (Fsp3) is 0.737. The van der Waals surface area contributed by atoms with Crippen LogP contribution >= 0.6 is 0 Å². The third-order valence-corrected chi connectivity index (χ3v) is 10.0. The van der Waals surface area contributed by atoms with E-state index in [4.69, 9.17) is 14.2 Å². The average Bonchev–Trinajstić information content (AvgIpc) is 3.42. The van der Waals surface area contributed by atoms with Crippen LogP contribution in [-0.2, 0) is 33.4 Å².